The summed E-state index contributed by atoms with van der Waals surface area (Å²) < 4.78 is 22.8. The summed E-state index contributed by atoms with van der Waals surface area (Å²) in [5.74, 6) is 3.49. The summed E-state index contributed by atoms with van der Waals surface area (Å²) in [5, 5.41) is 0. The highest BCUT2D eigenvalue weighted by Gasteiger charge is 2.29. The van der Waals surface area contributed by atoms with Gasteiger partial charge >= 0.3 is 0 Å². The molecule has 1 saturated heterocycles. The van der Waals surface area contributed by atoms with E-state index in [2.05, 4.69) is 17.0 Å². The molecule has 5 heteroatoms. The van der Waals surface area contributed by atoms with Crippen LogP contribution in [0, 0.1) is 0 Å². The summed E-state index contributed by atoms with van der Waals surface area (Å²) in [6, 6.07) is 8.37. The maximum absolute atomic E-state index is 5.83. The number of fused-ring (bicyclic) bond motifs is 1. The lowest BCUT2D eigenvalue weighted by Gasteiger charge is -2.24. The molecule has 0 bridgehead atoms. The zero-order valence-corrected chi connectivity index (χ0v) is 14.0. The molecule has 3 heterocycles. The lowest BCUT2D eigenvalue weighted by molar-refractivity contribution is 0.217. The van der Waals surface area contributed by atoms with Crippen molar-refractivity contribution in [1.82, 2.24) is 4.90 Å². The Labute approximate surface area is 142 Å². The van der Waals surface area contributed by atoms with E-state index in [1.165, 1.54) is 6.42 Å². The van der Waals surface area contributed by atoms with E-state index < -0.39 is 0 Å². The van der Waals surface area contributed by atoms with Gasteiger partial charge in [0.15, 0.2) is 11.5 Å². The molecule has 1 aromatic carbocycles. The van der Waals surface area contributed by atoms with Crippen molar-refractivity contribution in [2.45, 2.75) is 31.8 Å². The average Bonchev–Trinajstić information content (AvgIpc) is 3.22. The molecule has 0 spiro atoms. The molecule has 4 rings (SSSR count). The zero-order chi connectivity index (χ0) is 16.4. The first-order chi connectivity index (χ1) is 11.8. The maximum Gasteiger partial charge on any atom is 0.164 e. The smallest absolute Gasteiger partial charge is 0.164 e. The fourth-order valence-electron chi connectivity index (χ4n) is 3.58. The van der Waals surface area contributed by atoms with E-state index in [9.17, 15) is 0 Å². The predicted octanol–water partition coefficient (Wildman–Crippen LogP) is 3.79. The van der Waals surface area contributed by atoms with Crippen LogP contribution >= 0.6 is 0 Å². The summed E-state index contributed by atoms with van der Waals surface area (Å²) in [6.07, 6.45) is 4.96. The largest absolute Gasteiger partial charge is 0.496 e. The lowest BCUT2D eigenvalue weighted by Crippen LogP contribution is -2.22. The second-order valence-corrected chi connectivity index (χ2v) is 6.31. The van der Waals surface area contributed by atoms with Crippen LogP contribution in [0.5, 0.6) is 17.2 Å². The second kappa shape index (κ2) is 6.77. The Hall–Kier alpha value is -2.14. The Kier molecular flexibility index (Phi) is 4.34. The molecule has 2 aliphatic heterocycles. The first-order valence-electron chi connectivity index (χ1n) is 8.59. The number of likely N-dealkylation sites (tertiary alicyclic amines) is 1. The molecule has 1 atom stereocenters. The molecule has 1 aromatic heterocycles. The molecule has 0 radical (unpaired) electrons. The van der Waals surface area contributed by atoms with Gasteiger partial charge in [0, 0.05) is 24.6 Å². The molecular weight excluding hydrogens is 306 g/mol. The predicted molar refractivity (Wildman–Crippen MR) is 89.7 cm³/mol. The molecule has 0 saturated carbocycles. The van der Waals surface area contributed by atoms with Crippen LogP contribution in [0.2, 0.25) is 0 Å². The summed E-state index contributed by atoms with van der Waals surface area (Å²) in [4.78, 5) is 2.45. The van der Waals surface area contributed by atoms with Crippen LogP contribution in [0.15, 0.2) is 34.9 Å². The summed E-state index contributed by atoms with van der Waals surface area (Å²) in [6.45, 7) is 3.24. The SMILES string of the molecule is COc1cc2c(cc1CN1CCCC1c1ccco1)OCCCO2. The van der Waals surface area contributed by atoms with Crippen LogP contribution in [0.1, 0.15) is 36.6 Å². The van der Waals surface area contributed by atoms with E-state index in [1.807, 2.05) is 12.1 Å². The highest BCUT2D eigenvalue weighted by atomic mass is 16.5. The second-order valence-electron chi connectivity index (χ2n) is 6.31. The molecule has 1 unspecified atom stereocenters. The third-order valence-electron chi connectivity index (χ3n) is 4.76. The molecule has 128 valence electrons. The van der Waals surface area contributed by atoms with Crippen molar-refractivity contribution in [3.63, 3.8) is 0 Å². The Balaban J connectivity index is 1.60. The van der Waals surface area contributed by atoms with Crippen molar-refractivity contribution in [3.05, 3.63) is 41.9 Å². The van der Waals surface area contributed by atoms with Crippen molar-refractivity contribution < 1.29 is 18.6 Å². The van der Waals surface area contributed by atoms with Crippen LogP contribution in [0.4, 0.5) is 0 Å². The van der Waals surface area contributed by atoms with Crippen LogP contribution in [-0.2, 0) is 6.54 Å². The Bertz CT molecular complexity index is 683. The van der Waals surface area contributed by atoms with E-state index in [4.69, 9.17) is 18.6 Å². The number of ether oxygens (including phenoxy) is 3. The number of hydrogen-bond donors (Lipinski definition) is 0. The fraction of sp³-hybridized carbons (Fsp3) is 0.474. The van der Waals surface area contributed by atoms with Gasteiger partial charge < -0.3 is 18.6 Å². The first kappa shape index (κ1) is 15.4. The molecule has 0 amide bonds. The van der Waals surface area contributed by atoms with Crippen LogP contribution < -0.4 is 14.2 Å². The third kappa shape index (κ3) is 2.96. The van der Waals surface area contributed by atoms with E-state index in [-0.39, 0.29) is 0 Å². The normalized spacial score (nSPS) is 20.8. The van der Waals surface area contributed by atoms with E-state index in [1.54, 1.807) is 13.4 Å². The molecule has 0 N–H and O–H groups in total. The minimum Gasteiger partial charge on any atom is -0.496 e. The monoisotopic (exact) mass is 329 g/mol. The van der Waals surface area contributed by atoms with Crippen molar-refractivity contribution in [2.75, 3.05) is 26.9 Å². The standard InChI is InChI=1S/C19H23NO4/c1-21-17-12-19-18(23-9-4-10-24-19)11-14(17)13-20-7-2-5-15(20)16-6-3-8-22-16/h3,6,8,11-12,15H,2,4-5,7,9-10,13H2,1H3. The van der Waals surface area contributed by atoms with Crippen LogP contribution in [-0.4, -0.2) is 31.8 Å². The Morgan fingerprint density at radius 3 is 2.75 bits per heavy atom. The number of methoxy groups -OCH3 is 1. The van der Waals surface area contributed by atoms with Crippen molar-refractivity contribution in [3.8, 4) is 17.2 Å². The van der Waals surface area contributed by atoms with Gasteiger partial charge in [-0.2, -0.15) is 0 Å². The van der Waals surface area contributed by atoms with Gasteiger partial charge in [-0.1, -0.05) is 0 Å². The molecule has 2 aromatic rings. The first-order valence-corrected chi connectivity index (χ1v) is 8.59. The number of benzene rings is 1. The van der Waals surface area contributed by atoms with Gasteiger partial charge in [0.05, 0.1) is 32.6 Å². The molecular formula is C19H23NO4. The molecule has 5 nitrogen and oxygen atoms in total. The number of nitrogens with zero attached hydrogens (tertiary/aromatic N) is 1. The number of rotatable bonds is 4. The number of hydrogen-bond acceptors (Lipinski definition) is 5. The van der Waals surface area contributed by atoms with E-state index >= 15 is 0 Å². The van der Waals surface area contributed by atoms with Gasteiger partial charge in [-0.25, -0.2) is 0 Å². The van der Waals surface area contributed by atoms with Gasteiger partial charge in [-0.3, -0.25) is 4.90 Å². The summed E-state index contributed by atoms with van der Waals surface area (Å²) >= 11 is 0. The van der Waals surface area contributed by atoms with Crippen molar-refractivity contribution in [2.24, 2.45) is 0 Å². The summed E-state index contributed by atoms with van der Waals surface area (Å²) in [7, 11) is 1.71. The summed E-state index contributed by atoms with van der Waals surface area (Å²) in [5.41, 5.74) is 1.13. The highest BCUT2D eigenvalue weighted by molar-refractivity contribution is 5.51. The molecule has 0 aliphatic carbocycles. The zero-order valence-electron chi connectivity index (χ0n) is 14.0. The third-order valence-corrected chi connectivity index (χ3v) is 4.76. The average molecular weight is 329 g/mol. The lowest BCUT2D eigenvalue weighted by atomic mass is 10.1. The van der Waals surface area contributed by atoms with E-state index in [0.717, 1.165) is 54.5 Å². The highest BCUT2D eigenvalue weighted by Crippen LogP contribution is 2.39. The molecule has 24 heavy (non-hydrogen) atoms. The minimum absolute atomic E-state index is 0.334. The maximum atomic E-state index is 5.83. The van der Waals surface area contributed by atoms with Gasteiger partial charge in [-0.15, -0.1) is 0 Å². The van der Waals surface area contributed by atoms with Gasteiger partial charge in [0.1, 0.15) is 11.5 Å². The molecule has 2 aliphatic rings. The minimum atomic E-state index is 0.334. The number of furan rings is 1. The Morgan fingerprint density at radius 1 is 1.17 bits per heavy atom. The fourth-order valence-corrected chi connectivity index (χ4v) is 3.58. The molecule has 1 fully saturated rings. The van der Waals surface area contributed by atoms with Crippen molar-refractivity contribution in [1.29, 1.82) is 0 Å². The topological polar surface area (TPSA) is 44.1 Å². The van der Waals surface area contributed by atoms with Crippen molar-refractivity contribution >= 4 is 0 Å². The van der Waals surface area contributed by atoms with Gasteiger partial charge in [0.25, 0.3) is 0 Å². The van der Waals surface area contributed by atoms with Gasteiger partial charge in [0.2, 0.25) is 0 Å². The van der Waals surface area contributed by atoms with Crippen LogP contribution in [0.3, 0.4) is 0 Å². The van der Waals surface area contributed by atoms with Gasteiger partial charge in [-0.05, 0) is 37.6 Å². The quantitative estimate of drug-likeness (QED) is 0.854. The Morgan fingerprint density at radius 2 is 2.00 bits per heavy atom. The van der Waals surface area contributed by atoms with E-state index in [0.29, 0.717) is 19.3 Å². The van der Waals surface area contributed by atoms with Crippen LogP contribution in [0.25, 0.3) is 0 Å².